The number of benzene rings is 1. The van der Waals surface area contributed by atoms with E-state index in [1.54, 1.807) is 0 Å². The molecule has 11 nitrogen and oxygen atoms in total. The third-order valence-electron chi connectivity index (χ3n) is 8.82. The number of hydrogen-bond acceptors (Lipinski definition) is 10. The summed E-state index contributed by atoms with van der Waals surface area (Å²) in [5.41, 5.74) is 6.93. The van der Waals surface area contributed by atoms with Crippen molar-refractivity contribution in [3.05, 3.63) is 91.8 Å². The summed E-state index contributed by atoms with van der Waals surface area (Å²) in [6, 6.07) is 9.10. The second-order valence-corrected chi connectivity index (χ2v) is 12.2. The second-order valence-electron chi connectivity index (χ2n) is 12.2. The largest absolute Gasteiger partial charge is 0.361 e. The normalized spacial score (nSPS) is 17.9. The highest BCUT2D eigenvalue weighted by atomic mass is 15.4. The molecule has 0 radical (unpaired) electrons. The summed E-state index contributed by atoms with van der Waals surface area (Å²) < 4.78 is 2.40. The van der Waals surface area contributed by atoms with E-state index in [-0.39, 0.29) is 0 Å². The first-order chi connectivity index (χ1) is 21.3. The van der Waals surface area contributed by atoms with Crippen LogP contribution in [0.2, 0.25) is 0 Å². The van der Waals surface area contributed by atoms with Crippen LogP contribution in [0.1, 0.15) is 5.56 Å². The fraction of sp³-hybridized carbons (Fsp3) is 0.273. The van der Waals surface area contributed by atoms with Gasteiger partial charge in [-0.3, -0.25) is 0 Å². The standard InChI is InChI=1S/C33H37N11/c1-24-28(40-10-6-36(2)20-40)14-25(15-29(24)41-11-7-37(3)21-41)44-30-16-32(42-12-8-38(4)22-42)34-18-26(30)27-19-35-33(17-31(27)44)43-13-9-39(5)23-43/h6-19H,20-23H2,1-5H3. The van der Waals surface area contributed by atoms with Gasteiger partial charge in [-0.05, 0) is 24.6 Å². The number of fused-ring (bicyclic) bond motifs is 3. The number of anilines is 4. The van der Waals surface area contributed by atoms with Gasteiger partial charge in [-0.25, -0.2) is 9.97 Å². The molecule has 1 aromatic carbocycles. The SMILES string of the molecule is Cc1c(N2C=CN(C)C2)cc(-n2c3cc(N4C=CN(C)C4)ncc3c3cnc(N4C=CN(C)C4)cc32)cc1N1C=CN(C)C1. The smallest absolute Gasteiger partial charge is 0.136 e. The lowest BCUT2D eigenvalue weighted by atomic mass is 10.1. The Morgan fingerprint density at radius 2 is 0.886 bits per heavy atom. The number of nitrogens with zero attached hydrogens (tertiary/aromatic N) is 11. The van der Waals surface area contributed by atoms with E-state index in [0.29, 0.717) is 0 Å². The number of aromatic nitrogens is 3. The lowest BCUT2D eigenvalue weighted by Crippen LogP contribution is -2.25. The highest BCUT2D eigenvalue weighted by Gasteiger charge is 2.24. The maximum Gasteiger partial charge on any atom is 0.136 e. The van der Waals surface area contributed by atoms with E-state index in [9.17, 15) is 0 Å². The molecule has 11 heteroatoms. The van der Waals surface area contributed by atoms with Crippen LogP contribution < -0.4 is 19.6 Å². The van der Waals surface area contributed by atoms with Crippen LogP contribution in [0.5, 0.6) is 0 Å². The zero-order chi connectivity index (χ0) is 30.1. The Labute approximate surface area is 257 Å². The van der Waals surface area contributed by atoms with Crippen molar-refractivity contribution in [2.45, 2.75) is 6.92 Å². The van der Waals surface area contributed by atoms with Crippen LogP contribution in [0.4, 0.5) is 23.0 Å². The minimum absolute atomic E-state index is 0.766. The van der Waals surface area contributed by atoms with Crippen molar-refractivity contribution in [1.82, 2.24) is 34.1 Å². The van der Waals surface area contributed by atoms with Crippen molar-refractivity contribution in [3.8, 4) is 5.69 Å². The van der Waals surface area contributed by atoms with Crippen molar-refractivity contribution in [3.63, 3.8) is 0 Å². The molecule has 8 rings (SSSR count). The first-order valence-electron chi connectivity index (χ1n) is 14.9. The third-order valence-corrected chi connectivity index (χ3v) is 8.82. The first kappa shape index (κ1) is 26.3. The van der Waals surface area contributed by atoms with Gasteiger partial charge in [-0.15, -0.1) is 0 Å². The fourth-order valence-corrected chi connectivity index (χ4v) is 6.50. The van der Waals surface area contributed by atoms with Gasteiger partial charge in [-0.1, -0.05) is 0 Å². The molecule has 0 N–H and O–H groups in total. The fourth-order valence-electron chi connectivity index (χ4n) is 6.50. The number of rotatable bonds is 5. The molecular weight excluding hydrogens is 550 g/mol. The van der Waals surface area contributed by atoms with Crippen LogP contribution in [-0.2, 0) is 0 Å². The molecular formula is C33H37N11. The lowest BCUT2D eigenvalue weighted by Gasteiger charge is -2.27. The molecule has 0 spiro atoms. The molecule has 44 heavy (non-hydrogen) atoms. The summed E-state index contributed by atoms with van der Waals surface area (Å²) in [6.07, 6.45) is 21.0. The predicted octanol–water partition coefficient (Wildman–Crippen LogP) is 4.60. The van der Waals surface area contributed by atoms with Gasteiger partial charge in [0.15, 0.2) is 0 Å². The monoisotopic (exact) mass is 587 g/mol. The molecule has 224 valence electrons. The van der Waals surface area contributed by atoms with E-state index < -0.39 is 0 Å². The Balaban J connectivity index is 1.38. The molecule has 4 aliphatic heterocycles. The van der Waals surface area contributed by atoms with Crippen LogP contribution >= 0.6 is 0 Å². The number of pyridine rings is 2. The van der Waals surface area contributed by atoms with E-state index in [1.807, 2.05) is 12.4 Å². The average molecular weight is 588 g/mol. The van der Waals surface area contributed by atoms with E-state index >= 15 is 0 Å². The summed E-state index contributed by atoms with van der Waals surface area (Å²) in [4.78, 5) is 27.5. The molecule has 0 fully saturated rings. The summed E-state index contributed by atoms with van der Waals surface area (Å²) in [6.45, 7) is 5.37. The molecule has 0 saturated carbocycles. The summed E-state index contributed by atoms with van der Waals surface area (Å²) in [5.74, 6) is 1.83. The van der Waals surface area contributed by atoms with Crippen LogP contribution in [0.3, 0.4) is 0 Å². The van der Waals surface area contributed by atoms with Gasteiger partial charge >= 0.3 is 0 Å². The van der Waals surface area contributed by atoms with Crippen molar-refractivity contribution in [1.29, 1.82) is 0 Å². The van der Waals surface area contributed by atoms with Crippen molar-refractivity contribution >= 4 is 44.8 Å². The lowest BCUT2D eigenvalue weighted by molar-refractivity contribution is 0.494. The third kappa shape index (κ3) is 4.26. The van der Waals surface area contributed by atoms with Crippen LogP contribution in [-0.4, -0.2) is 89.0 Å². The summed E-state index contributed by atoms with van der Waals surface area (Å²) in [5, 5.41) is 2.16. The zero-order valence-electron chi connectivity index (χ0n) is 25.8. The van der Waals surface area contributed by atoms with Gasteiger partial charge < -0.3 is 43.8 Å². The summed E-state index contributed by atoms with van der Waals surface area (Å²) >= 11 is 0. The minimum Gasteiger partial charge on any atom is -0.361 e. The first-order valence-corrected chi connectivity index (χ1v) is 14.9. The van der Waals surface area contributed by atoms with Crippen LogP contribution in [0.15, 0.2) is 86.3 Å². The van der Waals surface area contributed by atoms with Crippen molar-refractivity contribution < 1.29 is 0 Å². The molecule has 0 amide bonds. The van der Waals surface area contributed by atoms with Gasteiger partial charge in [0.25, 0.3) is 0 Å². The van der Waals surface area contributed by atoms with Crippen LogP contribution in [0.25, 0.3) is 27.5 Å². The van der Waals surface area contributed by atoms with E-state index in [1.165, 1.54) is 16.9 Å². The Kier molecular flexibility index (Phi) is 5.90. The molecule has 3 aromatic heterocycles. The Bertz CT molecular complexity index is 1770. The van der Waals surface area contributed by atoms with Gasteiger partial charge in [-0.2, -0.15) is 0 Å². The van der Waals surface area contributed by atoms with E-state index in [0.717, 1.165) is 65.8 Å². The molecule has 0 saturated heterocycles. The quantitative estimate of drug-likeness (QED) is 0.331. The second kappa shape index (κ2) is 9.87. The highest BCUT2D eigenvalue weighted by molar-refractivity contribution is 6.10. The molecule has 7 heterocycles. The average Bonchev–Trinajstić information content (AvgIpc) is 3.85. The number of hydrogen-bond donors (Lipinski definition) is 0. The van der Waals surface area contributed by atoms with Gasteiger partial charge in [0.05, 0.1) is 43.4 Å². The molecule has 4 aromatic rings. The predicted molar refractivity (Wildman–Crippen MR) is 178 cm³/mol. The Hall–Kier alpha value is -5.32. The molecule has 0 aliphatic carbocycles. The molecule has 0 unspecified atom stereocenters. The topological polar surface area (TPSA) is 56.6 Å². The van der Waals surface area contributed by atoms with Crippen molar-refractivity contribution in [2.24, 2.45) is 0 Å². The Morgan fingerprint density at radius 1 is 0.500 bits per heavy atom. The maximum absolute atomic E-state index is 4.92. The van der Waals surface area contributed by atoms with Gasteiger partial charge in [0.1, 0.15) is 11.6 Å². The minimum atomic E-state index is 0.766. The summed E-state index contributed by atoms with van der Waals surface area (Å²) in [7, 11) is 8.37. The van der Waals surface area contributed by atoms with E-state index in [4.69, 9.17) is 9.97 Å². The van der Waals surface area contributed by atoms with Crippen LogP contribution in [0, 0.1) is 6.92 Å². The van der Waals surface area contributed by atoms with Crippen molar-refractivity contribution in [2.75, 3.05) is 74.5 Å². The zero-order valence-corrected chi connectivity index (χ0v) is 25.8. The molecule has 0 atom stereocenters. The maximum atomic E-state index is 4.92. The molecule has 0 bridgehead atoms. The highest BCUT2D eigenvalue weighted by Crippen LogP contribution is 2.40. The molecule has 4 aliphatic rings. The Morgan fingerprint density at radius 3 is 1.25 bits per heavy atom. The van der Waals surface area contributed by atoms with E-state index in [2.05, 4.69) is 153 Å². The van der Waals surface area contributed by atoms with Gasteiger partial charge in [0, 0.05) is 124 Å². The van der Waals surface area contributed by atoms with Gasteiger partial charge in [0.2, 0.25) is 0 Å².